The number of hydrogen-bond donors (Lipinski definition) is 1. The van der Waals surface area contributed by atoms with Gasteiger partial charge in [0.25, 0.3) is 0 Å². The zero-order valence-corrected chi connectivity index (χ0v) is 11.6. The van der Waals surface area contributed by atoms with Crippen LogP contribution in [0.3, 0.4) is 0 Å². The third-order valence-corrected chi connectivity index (χ3v) is 2.71. The highest BCUT2D eigenvalue weighted by atomic mass is 16.5. The third kappa shape index (κ3) is 12.0. The molecule has 0 amide bonds. The number of nitrogens with one attached hydrogen (secondary N) is 1. The molecule has 0 radical (unpaired) electrons. The first-order valence-electron chi connectivity index (χ1n) is 6.55. The van der Waals surface area contributed by atoms with Gasteiger partial charge >= 0.3 is 0 Å². The molecule has 0 aromatic heterocycles. The summed E-state index contributed by atoms with van der Waals surface area (Å²) in [5, 5.41) is 3.37. The van der Waals surface area contributed by atoms with E-state index in [-0.39, 0.29) is 0 Å². The summed E-state index contributed by atoms with van der Waals surface area (Å²) in [6, 6.07) is 0. The maximum Gasteiger partial charge on any atom is 0.0587 e. The van der Waals surface area contributed by atoms with Crippen molar-refractivity contribution in [2.45, 2.75) is 33.1 Å². The monoisotopic (exact) mass is 230 g/mol. The molecule has 0 aliphatic heterocycles. The second-order valence-electron chi connectivity index (χ2n) is 4.94. The maximum absolute atomic E-state index is 4.97. The van der Waals surface area contributed by atoms with Crippen molar-refractivity contribution >= 4 is 0 Å². The van der Waals surface area contributed by atoms with Gasteiger partial charge in [-0.25, -0.2) is 0 Å². The van der Waals surface area contributed by atoms with Gasteiger partial charge in [-0.2, -0.15) is 0 Å². The van der Waals surface area contributed by atoms with Gasteiger partial charge in [0.1, 0.15) is 0 Å². The lowest BCUT2D eigenvalue weighted by Gasteiger charge is -2.17. The molecule has 0 aliphatic rings. The number of rotatable bonds is 11. The van der Waals surface area contributed by atoms with E-state index in [9.17, 15) is 0 Å². The number of methoxy groups -OCH3 is 1. The molecule has 3 nitrogen and oxygen atoms in total. The maximum atomic E-state index is 4.97. The van der Waals surface area contributed by atoms with Gasteiger partial charge < -0.3 is 15.0 Å². The molecule has 98 valence electrons. The Bertz CT molecular complexity index is 140. The van der Waals surface area contributed by atoms with Crippen LogP contribution in [0.4, 0.5) is 0 Å². The first-order chi connectivity index (χ1) is 7.66. The zero-order chi connectivity index (χ0) is 12.2. The molecule has 0 aromatic carbocycles. The van der Waals surface area contributed by atoms with Gasteiger partial charge in [0.2, 0.25) is 0 Å². The van der Waals surface area contributed by atoms with E-state index in [1.807, 2.05) is 0 Å². The van der Waals surface area contributed by atoms with Crippen molar-refractivity contribution in [3.05, 3.63) is 0 Å². The largest absolute Gasteiger partial charge is 0.383 e. The summed E-state index contributed by atoms with van der Waals surface area (Å²) < 4.78 is 4.97. The molecule has 0 aromatic rings. The van der Waals surface area contributed by atoms with Crippen molar-refractivity contribution in [3.63, 3.8) is 0 Å². The van der Waals surface area contributed by atoms with E-state index in [4.69, 9.17) is 4.74 Å². The van der Waals surface area contributed by atoms with Crippen LogP contribution in [0.25, 0.3) is 0 Å². The molecule has 0 heterocycles. The van der Waals surface area contributed by atoms with Crippen LogP contribution in [0.1, 0.15) is 33.1 Å². The van der Waals surface area contributed by atoms with Gasteiger partial charge in [0, 0.05) is 13.7 Å². The summed E-state index contributed by atoms with van der Waals surface area (Å²) in [7, 11) is 3.96. The summed E-state index contributed by atoms with van der Waals surface area (Å²) in [5.41, 5.74) is 0. The van der Waals surface area contributed by atoms with Crippen molar-refractivity contribution in [1.29, 1.82) is 0 Å². The van der Waals surface area contributed by atoms with Gasteiger partial charge in [-0.05, 0) is 51.9 Å². The van der Waals surface area contributed by atoms with Crippen molar-refractivity contribution in [3.8, 4) is 0 Å². The number of ether oxygens (including phenoxy) is 1. The minimum absolute atomic E-state index is 0.814. The lowest BCUT2D eigenvalue weighted by molar-refractivity contribution is 0.199. The summed E-state index contributed by atoms with van der Waals surface area (Å²) in [5.74, 6) is 0.818. The number of unbranched alkanes of at least 4 members (excludes halogenated alkanes) is 1. The number of hydrogen-bond acceptors (Lipinski definition) is 3. The molecule has 0 atom stereocenters. The highest BCUT2D eigenvalue weighted by Crippen LogP contribution is 2.01. The van der Waals surface area contributed by atoms with E-state index in [0.29, 0.717) is 0 Å². The quantitative estimate of drug-likeness (QED) is 0.549. The van der Waals surface area contributed by atoms with Crippen molar-refractivity contribution < 1.29 is 4.74 Å². The van der Waals surface area contributed by atoms with Crippen molar-refractivity contribution in [2.24, 2.45) is 5.92 Å². The lowest BCUT2D eigenvalue weighted by atomic mass is 10.1. The Hall–Kier alpha value is -0.120. The van der Waals surface area contributed by atoms with Crippen LogP contribution in [-0.4, -0.2) is 51.8 Å². The molecule has 0 aliphatic carbocycles. The highest BCUT2D eigenvalue weighted by Gasteiger charge is 1.99. The fourth-order valence-corrected chi connectivity index (χ4v) is 1.52. The van der Waals surface area contributed by atoms with E-state index in [1.54, 1.807) is 7.11 Å². The normalized spacial score (nSPS) is 11.6. The second kappa shape index (κ2) is 11.4. The molecule has 16 heavy (non-hydrogen) atoms. The van der Waals surface area contributed by atoms with Crippen molar-refractivity contribution in [1.82, 2.24) is 10.2 Å². The van der Waals surface area contributed by atoms with Crippen LogP contribution in [0.2, 0.25) is 0 Å². The second-order valence-corrected chi connectivity index (χ2v) is 4.94. The standard InChI is InChI=1S/C13H30N2O/c1-13(2)7-11-15(3)10-6-5-8-14-9-12-16-4/h13-14H,5-12H2,1-4H3. The summed E-state index contributed by atoms with van der Waals surface area (Å²) in [4.78, 5) is 2.44. The zero-order valence-electron chi connectivity index (χ0n) is 11.6. The minimum Gasteiger partial charge on any atom is -0.383 e. The van der Waals surface area contributed by atoms with Gasteiger partial charge in [-0.15, -0.1) is 0 Å². The van der Waals surface area contributed by atoms with E-state index in [2.05, 4.69) is 31.1 Å². The molecular formula is C13H30N2O. The average Bonchev–Trinajstić information content (AvgIpc) is 2.25. The third-order valence-electron chi connectivity index (χ3n) is 2.71. The van der Waals surface area contributed by atoms with E-state index in [0.717, 1.165) is 25.6 Å². The average molecular weight is 230 g/mol. The molecule has 0 fully saturated rings. The minimum atomic E-state index is 0.814. The lowest BCUT2D eigenvalue weighted by Crippen LogP contribution is -2.24. The SMILES string of the molecule is COCCNCCCCN(C)CCC(C)C. The van der Waals surface area contributed by atoms with Crippen LogP contribution >= 0.6 is 0 Å². The van der Waals surface area contributed by atoms with Crippen LogP contribution in [0, 0.1) is 5.92 Å². The highest BCUT2D eigenvalue weighted by molar-refractivity contribution is 4.55. The van der Waals surface area contributed by atoms with Gasteiger partial charge in [0.15, 0.2) is 0 Å². The predicted octanol–water partition coefficient (Wildman–Crippen LogP) is 1.98. The first-order valence-corrected chi connectivity index (χ1v) is 6.55. The van der Waals surface area contributed by atoms with E-state index in [1.165, 1.54) is 32.4 Å². The molecule has 0 saturated heterocycles. The van der Waals surface area contributed by atoms with E-state index >= 15 is 0 Å². The van der Waals surface area contributed by atoms with E-state index < -0.39 is 0 Å². The van der Waals surface area contributed by atoms with Gasteiger partial charge in [0.05, 0.1) is 6.61 Å². The predicted molar refractivity (Wildman–Crippen MR) is 70.9 cm³/mol. The summed E-state index contributed by atoms with van der Waals surface area (Å²) >= 11 is 0. The molecular weight excluding hydrogens is 200 g/mol. The Kier molecular flexibility index (Phi) is 11.3. The van der Waals surface area contributed by atoms with Crippen molar-refractivity contribution in [2.75, 3.05) is 46.9 Å². The Labute approximate surface area is 102 Å². The molecule has 0 unspecified atom stereocenters. The van der Waals surface area contributed by atoms with Crippen LogP contribution in [-0.2, 0) is 4.74 Å². The van der Waals surface area contributed by atoms with Crippen LogP contribution in [0.5, 0.6) is 0 Å². The smallest absolute Gasteiger partial charge is 0.0587 e. The molecule has 3 heteroatoms. The summed E-state index contributed by atoms with van der Waals surface area (Å²) in [6.07, 6.45) is 3.85. The van der Waals surface area contributed by atoms with Crippen LogP contribution < -0.4 is 5.32 Å². The molecule has 0 spiro atoms. The first kappa shape index (κ1) is 15.9. The number of nitrogens with zero attached hydrogens (tertiary/aromatic N) is 1. The molecule has 0 bridgehead atoms. The van der Waals surface area contributed by atoms with Gasteiger partial charge in [-0.3, -0.25) is 0 Å². The summed E-state index contributed by atoms with van der Waals surface area (Å²) in [6.45, 7) is 9.92. The molecule has 1 N–H and O–H groups in total. The fourth-order valence-electron chi connectivity index (χ4n) is 1.52. The Balaban J connectivity index is 3.12. The van der Waals surface area contributed by atoms with Crippen LogP contribution in [0.15, 0.2) is 0 Å². The topological polar surface area (TPSA) is 24.5 Å². The van der Waals surface area contributed by atoms with Gasteiger partial charge in [-0.1, -0.05) is 13.8 Å². The Morgan fingerprint density at radius 1 is 1.12 bits per heavy atom. The molecule has 0 saturated carbocycles. The Morgan fingerprint density at radius 2 is 1.88 bits per heavy atom. The molecule has 0 rings (SSSR count). The Morgan fingerprint density at radius 3 is 2.50 bits per heavy atom. The fraction of sp³-hybridized carbons (Fsp3) is 1.00.